The van der Waals surface area contributed by atoms with Gasteiger partial charge < -0.3 is 15.0 Å². The third kappa shape index (κ3) is 4.68. The van der Waals surface area contributed by atoms with E-state index in [0.29, 0.717) is 19.0 Å². The van der Waals surface area contributed by atoms with Gasteiger partial charge in [0.05, 0.1) is 7.11 Å². The first-order valence-electron chi connectivity index (χ1n) is 7.52. The van der Waals surface area contributed by atoms with Crippen LogP contribution in [0, 0.1) is 11.6 Å². The highest BCUT2D eigenvalue weighted by molar-refractivity contribution is 5.79. The summed E-state index contributed by atoms with van der Waals surface area (Å²) in [5.41, 5.74) is 1.75. The molecular weight excluding hydrogens is 312 g/mol. The molecule has 24 heavy (non-hydrogen) atoms. The number of nitrogens with zero attached hydrogens (tertiary/aromatic N) is 2. The van der Waals surface area contributed by atoms with Crippen LogP contribution in [0.4, 0.5) is 8.78 Å². The first-order valence-corrected chi connectivity index (χ1v) is 7.52. The average molecular weight is 333 g/mol. The molecule has 0 heterocycles. The quantitative estimate of drug-likeness (QED) is 0.674. The monoisotopic (exact) mass is 333 g/mol. The van der Waals surface area contributed by atoms with Gasteiger partial charge in [0.2, 0.25) is 0 Å². The fraction of sp³-hybridized carbons (Fsp3) is 0.278. The molecule has 0 atom stereocenters. The Labute approximate surface area is 140 Å². The summed E-state index contributed by atoms with van der Waals surface area (Å²) < 4.78 is 31.6. The molecule has 6 heteroatoms. The normalized spacial score (nSPS) is 11.3. The van der Waals surface area contributed by atoms with E-state index < -0.39 is 5.82 Å². The molecule has 2 aromatic rings. The zero-order chi connectivity index (χ0) is 17.5. The van der Waals surface area contributed by atoms with E-state index in [1.165, 1.54) is 25.3 Å². The number of ether oxygens (including phenoxy) is 1. The molecule has 2 rings (SSSR count). The van der Waals surface area contributed by atoms with Crippen molar-refractivity contribution in [2.24, 2.45) is 4.99 Å². The fourth-order valence-electron chi connectivity index (χ4n) is 2.32. The van der Waals surface area contributed by atoms with E-state index in [1.54, 1.807) is 31.3 Å². The smallest absolute Gasteiger partial charge is 0.193 e. The highest BCUT2D eigenvalue weighted by atomic mass is 19.1. The number of aliphatic imine (C=N–C) groups is 1. The van der Waals surface area contributed by atoms with Crippen LogP contribution in [0.15, 0.2) is 47.5 Å². The van der Waals surface area contributed by atoms with Gasteiger partial charge in [-0.05, 0) is 35.4 Å². The molecule has 0 aromatic heterocycles. The van der Waals surface area contributed by atoms with Crippen molar-refractivity contribution in [3.63, 3.8) is 0 Å². The third-order valence-corrected chi connectivity index (χ3v) is 3.57. The van der Waals surface area contributed by atoms with Crippen LogP contribution in [0.2, 0.25) is 0 Å². The predicted molar refractivity (Wildman–Crippen MR) is 91.0 cm³/mol. The summed E-state index contributed by atoms with van der Waals surface area (Å²) in [6, 6.07) is 11.1. The molecule has 0 fully saturated rings. The number of halogens is 2. The van der Waals surface area contributed by atoms with Crippen LogP contribution in [-0.4, -0.2) is 32.1 Å². The number of benzene rings is 2. The third-order valence-electron chi connectivity index (χ3n) is 3.57. The molecule has 0 radical (unpaired) electrons. The zero-order valence-electron chi connectivity index (χ0n) is 14.0. The summed E-state index contributed by atoms with van der Waals surface area (Å²) in [6.07, 6.45) is 0. The first-order chi connectivity index (χ1) is 11.5. The van der Waals surface area contributed by atoms with E-state index in [2.05, 4.69) is 10.3 Å². The summed E-state index contributed by atoms with van der Waals surface area (Å²) in [5.74, 6) is 0.226. The van der Waals surface area contributed by atoms with Crippen LogP contribution in [0.5, 0.6) is 5.75 Å². The predicted octanol–water partition coefficient (Wildman–Crippen LogP) is 3.18. The van der Waals surface area contributed by atoms with Crippen molar-refractivity contribution >= 4 is 5.96 Å². The van der Waals surface area contributed by atoms with Crippen LogP contribution in [0.1, 0.15) is 11.1 Å². The number of methoxy groups -OCH3 is 1. The van der Waals surface area contributed by atoms with E-state index in [4.69, 9.17) is 4.74 Å². The van der Waals surface area contributed by atoms with Gasteiger partial charge in [0.1, 0.15) is 5.82 Å². The number of hydrogen-bond acceptors (Lipinski definition) is 2. The van der Waals surface area contributed by atoms with Crippen molar-refractivity contribution in [2.45, 2.75) is 13.1 Å². The molecule has 2 aromatic carbocycles. The van der Waals surface area contributed by atoms with Gasteiger partial charge in [0, 0.05) is 27.2 Å². The van der Waals surface area contributed by atoms with Crippen LogP contribution in [0.3, 0.4) is 0 Å². The molecule has 0 unspecified atom stereocenters. The maximum Gasteiger partial charge on any atom is 0.193 e. The highest BCUT2D eigenvalue weighted by Crippen LogP contribution is 2.17. The Bertz CT molecular complexity index is 702. The van der Waals surface area contributed by atoms with Crippen molar-refractivity contribution in [1.29, 1.82) is 0 Å². The molecule has 0 amide bonds. The molecule has 0 aliphatic rings. The Kier molecular flexibility index (Phi) is 6.12. The minimum absolute atomic E-state index is 0.219. The number of nitrogens with one attached hydrogen (secondary N) is 1. The lowest BCUT2D eigenvalue weighted by Crippen LogP contribution is -2.38. The molecule has 1 N–H and O–H groups in total. The minimum atomic E-state index is -0.397. The van der Waals surface area contributed by atoms with E-state index in [-0.39, 0.29) is 11.6 Å². The summed E-state index contributed by atoms with van der Waals surface area (Å²) >= 11 is 0. The molecule has 128 valence electrons. The molecule has 0 saturated heterocycles. The Morgan fingerprint density at radius 3 is 2.38 bits per heavy atom. The van der Waals surface area contributed by atoms with Gasteiger partial charge in [-0.2, -0.15) is 0 Å². The van der Waals surface area contributed by atoms with E-state index in [1.807, 2.05) is 11.9 Å². The summed E-state index contributed by atoms with van der Waals surface area (Å²) in [6.45, 7) is 1.01. The molecule has 0 aliphatic carbocycles. The van der Waals surface area contributed by atoms with Crippen LogP contribution in [-0.2, 0) is 13.1 Å². The van der Waals surface area contributed by atoms with Gasteiger partial charge in [-0.3, -0.25) is 4.99 Å². The van der Waals surface area contributed by atoms with Crippen LogP contribution >= 0.6 is 0 Å². The second-order valence-electron chi connectivity index (χ2n) is 5.35. The van der Waals surface area contributed by atoms with Gasteiger partial charge in [0.25, 0.3) is 0 Å². The number of hydrogen-bond donors (Lipinski definition) is 1. The molecule has 0 spiro atoms. The second kappa shape index (κ2) is 8.29. The minimum Gasteiger partial charge on any atom is -0.494 e. The lowest BCUT2D eigenvalue weighted by Gasteiger charge is -2.22. The molecule has 0 aliphatic heterocycles. The average Bonchev–Trinajstić information content (AvgIpc) is 2.57. The van der Waals surface area contributed by atoms with Gasteiger partial charge in [-0.1, -0.05) is 18.2 Å². The van der Waals surface area contributed by atoms with Gasteiger partial charge in [0.15, 0.2) is 17.5 Å². The van der Waals surface area contributed by atoms with Crippen LogP contribution < -0.4 is 10.1 Å². The van der Waals surface area contributed by atoms with E-state index in [0.717, 1.165) is 11.1 Å². The first kappa shape index (κ1) is 17.7. The highest BCUT2D eigenvalue weighted by Gasteiger charge is 2.08. The topological polar surface area (TPSA) is 36.9 Å². The molecule has 0 saturated carbocycles. The molecular formula is C18H21F2N3O. The van der Waals surface area contributed by atoms with Crippen LogP contribution in [0.25, 0.3) is 0 Å². The maximum atomic E-state index is 13.7. The Hall–Kier alpha value is -2.63. The van der Waals surface area contributed by atoms with E-state index >= 15 is 0 Å². The molecule has 4 nitrogen and oxygen atoms in total. The largest absolute Gasteiger partial charge is 0.494 e. The zero-order valence-corrected chi connectivity index (χ0v) is 14.0. The summed E-state index contributed by atoms with van der Waals surface area (Å²) in [7, 11) is 4.99. The fourth-order valence-corrected chi connectivity index (χ4v) is 2.32. The van der Waals surface area contributed by atoms with E-state index in [9.17, 15) is 8.78 Å². The van der Waals surface area contributed by atoms with Crippen molar-refractivity contribution in [3.05, 3.63) is 65.2 Å². The maximum absolute atomic E-state index is 13.7. The summed E-state index contributed by atoms with van der Waals surface area (Å²) in [5, 5.41) is 3.18. The van der Waals surface area contributed by atoms with Crippen molar-refractivity contribution in [3.8, 4) is 5.75 Å². The van der Waals surface area contributed by atoms with Gasteiger partial charge in [-0.25, -0.2) is 8.78 Å². The number of guanidine groups is 1. The Morgan fingerprint density at radius 1 is 1.12 bits per heavy atom. The lowest BCUT2D eigenvalue weighted by molar-refractivity contribution is 0.386. The van der Waals surface area contributed by atoms with Crippen molar-refractivity contribution in [2.75, 3.05) is 21.2 Å². The van der Waals surface area contributed by atoms with Gasteiger partial charge in [-0.15, -0.1) is 0 Å². The summed E-state index contributed by atoms with van der Waals surface area (Å²) in [4.78, 5) is 6.12. The standard InChI is InChI=1S/C18H21F2N3O/c1-21-18(23(2)12-13-4-7-15(19)8-5-13)22-11-14-6-9-17(24-3)16(20)10-14/h4-10H,11-12H2,1-3H3,(H,21,22). The van der Waals surface area contributed by atoms with Crippen molar-refractivity contribution in [1.82, 2.24) is 10.2 Å². The van der Waals surface area contributed by atoms with Gasteiger partial charge >= 0.3 is 0 Å². The number of rotatable bonds is 5. The van der Waals surface area contributed by atoms with Crippen molar-refractivity contribution < 1.29 is 13.5 Å². The SMILES string of the molecule is CN=C(NCc1ccc(OC)c(F)c1)N(C)Cc1ccc(F)cc1. The second-order valence-corrected chi connectivity index (χ2v) is 5.35. The molecule has 0 bridgehead atoms. The Balaban J connectivity index is 1.96. The Morgan fingerprint density at radius 2 is 1.79 bits per heavy atom. The lowest BCUT2D eigenvalue weighted by atomic mass is 10.2.